The molecule has 5 fully saturated rings. The van der Waals surface area contributed by atoms with Crippen molar-refractivity contribution in [3.8, 4) is 0 Å². The van der Waals surface area contributed by atoms with Crippen molar-refractivity contribution in [1.82, 2.24) is 10.2 Å². The number of hydrogen-bond acceptors (Lipinski definition) is 2. The summed E-state index contributed by atoms with van der Waals surface area (Å²) in [5.74, 6) is 3.13. The van der Waals surface area contributed by atoms with E-state index in [1.165, 1.54) is 44.9 Å². The number of carbonyl (C=O) groups excluding carboxylic acids is 1. The molecule has 5 rings (SSSR count). The first kappa shape index (κ1) is 14.6. The molecule has 0 aromatic rings. The number of halogens is 1. The molecular formula is C16H27ClN2O. The highest BCUT2D eigenvalue weighted by Gasteiger charge is 2.44. The lowest BCUT2D eigenvalue weighted by Crippen LogP contribution is -2.44. The second-order valence-electron chi connectivity index (χ2n) is 7.47. The third-order valence-electron chi connectivity index (χ3n) is 6.01. The number of rotatable bonds is 2. The Morgan fingerprint density at radius 3 is 2.40 bits per heavy atom. The number of fused-ring (bicyclic) bond motifs is 1. The first-order chi connectivity index (χ1) is 9.28. The van der Waals surface area contributed by atoms with Crippen molar-refractivity contribution in [2.24, 2.45) is 17.8 Å². The Labute approximate surface area is 128 Å². The number of nitrogens with one attached hydrogen (secondary N) is 1. The second-order valence-corrected chi connectivity index (χ2v) is 7.47. The Balaban J connectivity index is 0.00000121. The SMILES string of the molecule is Cl.O=C(CC1CCCN1)N1CC2CC3CC(C2)CC1C3. The van der Waals surface area contributed by atoms with Crippen LogP contribution in [0.5, 0.6) is 0 Å². The first-order valence-corrected chi connectivity index (χ1v) is 8.31. The van der Waals surface area contributed by atoms with Gasteiger partial charge < -0.3 is 10.2 Å². The van der Waals surface area contributed by atoms with Crippen LogP contribution in [0.3, 0.4) is 0 Å². The minimum atomic E-state index is 0. The molecule has 0 aromatic carbocycles. The molecule has 4 heteroatoms. The Bertz CT molecular complexity index is 355. The molecule has 0 aromatic heterocycles. The van der Waals surface area contributed by atoms with Crippen LogP contribution in [0, 0.1) is 17.8 Å². The van der Waals surface area contributed by atoms with Crippen molar-refractivity contribution in [2.45, 2.75) is 63.5 Å². The molecule has 5 aliphatic rings. The molecule has 20 heavy (non-hydrogen) atoms. The lowest BCUT2D eigenvalue weighted by molar-refractivity contribution is -0.134. The van der Waals surface area contributed by atoms with Gasteiger partial charge in [0, 0.05) is 25.0 Å². The van der Waals surface area contributed by atoms with Gasteiger partial charge >= 0.3 is 0 Å². The van der Waals surface area contributed by atoms with Crippen molar-refractivity contribution in [1.29, 1.82) is 0 Å². The van der Waals surface area contributed by atoms with E-state index in [1.54, 1.807) is 0 Å². The van der Waals surface area contributed by atoms with Crippen LogP contribution >= 0.6 is 12.4 Å². The van der Waals surface area contributed by atoms with Crippen molar-refractivity contribution < 1.29 is 4.79 Å². The number of hydrogen-bond donors (Lipinski definition) is 1. The monoisotopic (exact) mass is 298 g/mol. The van der Waals surface area contributed by atoms with E-state index in [-0.39, 0.29) is 12.4 Å². The van der Waals surface area contributed by atoms with Crippen LogP contribution < -0.4 is 5.32 Å². The summed E-state index contributed by atoms with van der Waals surface area (Å²) < 4.78 is 0. The molecule has 3 nitrogen and oxygen atoms in total. The van der Waals surface area contributed by atoms with Crippen LogP contribution in [-0.2, 0) is 4.79 Å². The third kappa shape index (κ3) is 2.71. The lowest BCUT2D eigenvalue weighted by atomic mass is 9.68. The molecule has 3 heterocycles. The maximum absolute atomic E-state index is 12.7. The summed E-state index contributed by atoms with van der Waals surface area (Å²) in [6, 6.07) is 1.05. The minimum Gasteiger partial charge on any atom is -0.339 e. The van der Waals surface area contributed by atoms with E-state index in [9.17, 15) is 4.79 Å². The third-order valence-corrected chi connectivity index (χ3v) is 6.01. The van der Waals surface area contributed by atoms with Crippen molar-refractivity contribution in [3.05, 3.63) is 0 Å². The molecule has 3 saturated heterocycles. The van der Waals surface area contributed by atoms with E-state index in [0.717, 1.165) is 37.3 Å². The molecule has 1 amide bonds. The van der Waals surface area contributed by atoms with Crippen LogP contribution in [0.4, 0.5) is 0 Å². The highest BCUT2D eigenvalue weighted by Crippen LogP contribution is 2.47. The second kappa shape index (κ2) is 5.84. The van der Waals surface area contributed by atoms with E-state index in [1.807, 2.05) is 0 Å². The van der Waals surface area contributed by atoms with Gasteiger partial charge in [-0.2, -0.15) is 0 Å². The van der Waals surface area contributed by atoms with Crippen LogP contribution in [0.15, 0.2) is 0 Å². The molecule has 0 radical (unpaired) electrons. The molecule has 2 aliphatic carbocycles. The summed E-state index contributed by atoms with van der Waals surface area (Å²) >= 11 is 0. The average molecular weight is 299 g/mol. The predicted octanol–water partition coefficient (Wildman–Crippen LogP) is 2.59. The Hall–Kier alpha value is -0.280. The van der Waals surface area contributed by atoms with E-state index in [0.29, 0.717) is 18.0 Å². The summed E-state index contributed by atoms with van der Waals surface area (Å²) in [4.78, 5) is 15.0. The standard InChI is InChI=1S/C16H26N2O.ClH/c19-16(9-14-2-1-3-17-14)18-10-13-5-11-4-12(6-13)8-15(18)7-11;/h11-15,17H,1-10H2;1H. The van der Waals surface area contributed by atoms with Gasteiger partial charge in [-0.25, -0.2) is 0 Å². The molecule has 4 bridgehead atoms. The summed E-state index contributed by atoms with van der Waals surface area (Å²) in [7, 11) is 0. The zero-order valence-electron chi connectivity index (χ0n) is 12.2. The van der Waals surface area contributed by atoms with E-state index >= 15 is 0 Å². The smallest absolute Gasteiger partial charge is 0.224 e. The van der Waals surface area contributed by atoms with Gasteiger partial charge in [0.1, 0.15) is 0 Å². The lowest BCUT2D eigenvalue weighted by Gasteiger charge is -2.39. The molecule has 2 saturated carbocycles. The molecular weight excluding hydrogens is 272 g/mol. The summed E-state index contributed by atoms with van der Waals surface area (Å²) in [6.07, 6.45) is 10.1. The van der Waals surface area contributed by atoms with Crippen LogP contribution in [0.2, 0.25) is 0 Å². The summed E-state index contributed by atoms with van der Waals surface area (Å²) in [6.45, 7) is 2.18. The fourth-order valence-electron chi connectivity index (χ4n) is 5.35. The molecule has 3 aliphatic heterocycles. The van der Waals surface area contributed by atoms with Gasteiger partial charge in [0.15, 0.2) is 0 Å². The zero-order chi connectivity index (χ0) is 12.8. The van der Waals surface area contributed by atoms with Crippen LogP contribution in [-0.4, -0.2) is 36.0 Å². The average Bonchev–Trinajstić information content (AvgIpc) is 2.79. The quantitative estimate of drug-likeness (QED) is 0.850. The minimum absolute atomic E-state index is 0. The first-order valence-electron chi connectivity index (χ1n) is 8.31. The fourth-order valence-corrected chi connectivity index (χ4v) is 5.35. The van der Waals surface area contributed by atoms with Gasteiger partial charge in [0.25, 0.3) is 0 Å². The maximum atomic E-state index is 12.7. The van der Waals surface area contributed by atoms with Gasteiger partial charge in [-0.1, -0.05) is 0 Å². The Kier molecular flexibility index (Phi) is 4.28. The summed E-state index contributed by atoms with van der Waals surface area (Å²) in [5.41, 5.74) is 0. The van der Waals surface area contributed by atoms with Crippen molar-refractivity contribution in [3.63, 3.8) is 0 Å². The molecule has 3 unspecified atom stereocenters. The van der Waals surface area contributed by atoms with Gasteiger partial charge in [-0.05, 0) is 69.2 Å². The van der Waals surface area contributed by atoms with Gasteiger partial charge in [-0.3, -0.25) is 4.79 Å². The van der Waals surface area contributed by atoms with Crippen molar-refractivity contribution >= 4 is 18.3 Å². The zero-order valence-corrected chi connectivity index (χ0v) is 13.0. The van der Waals surface area contributed by atoms with Gasteiger partial charge in [-0.15, -0.1) is 12.4 Å². The Morgan fingerprint density at radius 1 is 1.05 bits per heavy atom. The highest BCUT2D eigenvalue weighted by molar-refractivity contribution is 5.85. The summed E-state index contributed by atoms with van der Waals surface area (Å²) in [5, 5.41) is 3.47. The fraction of sp³-hybridized carbons (Fsp3) is 0.938. The van der Waals surface area contributed by atoms with Gasteiger partial charge in [0.05, 0.1) is 0 Å². The van der Waals surface area contributed by atoms with Gasteiger partial charge in [0.2, 0.25) is 5.91 Å². The highest BCUT2D eigenvalue weighted by atomic mass is 35.5. The van der Waals surface area contributed by atoms with E-state index < -0.39 is 0 Å². The Morgan fingerprint density at radius 2 is 1.75 bits per heavy atom. The number of nitrogens with zero attached hydrogens (tertiary/aromatic N) is 1. The molecule has 114 valence electrons. The normalized spacial score (nSPS) is 42.4. The molecule has 1 N–H and O–H groups in total. The van der Waals surface area contributed by atoms with E-state index in [2.05, 4.69) is 10.2 Å². The van der Waals surface area contributed by atoms with Crippen LogP contribution in [0.25, 0.3) is 0 Å². The van der Waals surface area contributed by atoms with Crippen LogP contribution in [0.1, 0.15) is 51.4 Å². The topological polar surface area (TPSA) is 32.3 Å². The number of amides is 1. The largest absolute Gasteiger partial charge is 0.339 e. The molecule has 3 atom stereocenters. The molecule has 0 spiro atoms. The predicted molar refractivity (Wildman–Crippen MR) is 81.9 cm³/mol. The van der Waals surface area contributed by atoms with E-state index in [4.69, 9.17) is 0 Å². The number of carbonyl (C=O) groups is 1. The maximum Gasteiger partial charge on any atom is 0.224 e. The van der Waals surface area contributed by atoms with Crippen molar-refractivity contribution in [2.75, 3.05) is 13.1 Å².